The lowest BCUT2D eigenvalue weighted by atomic mass is 10.1. The maximum Gasteiger partial charge on any atom is 0.251 e. The van der Waals surface area contributed by atoms with Crippen molar-refractivity contribution in [3.8, 4) is 11.5 Å². The first-order chi connectivity index (χ1) is 17.3. The molecular weight excluding hydrogens is 480 g/mol. The van der Waals surface area contributed by atoms with Crippen molar-refractivity contribution in [1.82, 2.24) is 15.1 Å². The Labute approximate surface area is 214 Å². The molecule has 198 valence electrons. The van der Waals surface area contributed by atoms with Crippen LogP contribution < -0.4 is 26.2 Å². The van der Waals surface area contributed by atoms with Gasteiger partial charge in [-0.25, -0.2) is 13.6 Å². The minimum Gasteiger partial charge on any atom is -0.454 e. The molecule has 3 rings (SSSR count). The number of carbonyl (C=O) groups is 1. The average molecular weight is 519 g/mol. The van der Waals surface area contributed by atoms with Crippen LogP contribution in [0.15, 0.2) is 47.4 Å². The monoisotopic (exact) mass is 518 g/mol. The van der Waals surface area contributed by atoms with E-state index in [1.54, 1.807) is 30.3 Å². The molecule has 2 aromatic carbocycles. The Hall–Kier alpha value is -2.70. The number of hydrogen-bond donors (Lipinski definition) is 4. The number of anilines is 1. The molecule has 0 aromatic heterocycles. The molecule has 1 aliphatic rings. The van der Waals surface area contributed by atoms with Crippen LogP contribution in [0.1, 0.15) is 30.1 Å². The number of piperazine rings is 1. The number of amides is 1. The Bertz CT molecular complexity index is 1090. The quantitative estimate of drug-likeness (QED) is 0.293. The van der Waals surface area contributed by atoms with Crippen molar-refractivity contribution < 1.29 is 17.9 Å². The van der Waals surface area contributed by atoms with Crippen molar-refractivity contribution in [1.29, 1.82) is 0 Å². The molecule has 36 heavy (non-hydrogen) atoms. The van der Waals surface area contributed by atoms with Gasteiger partial charge in [0.2, 0.25) is 10.0 Å². The van der Waals surface area contributed by atoms with Gasteiger partial charge in [0.05, 0.1) is 5.69 Å². The van der Waals surface area contributed by atoms with Crippen molar-refractivity contribution in [3.05, 3.63) is 48.0 Å². The van der Waals surface area contributed by atoms with Gasteiger partial charge in [0.25, 0.3) is 5.91 Å². The van der Waals surface area contributed by atoms with E-state index >= 15 is 0 Å². The molecule has 1 amide bonds. The highest BCUT2D eigenvalue weighted by Crippen LogP contribution is 2.37. The summed E-state index contributed by atoms with van der Waals surface area (Å²) >= 11 is 0. The van der Waals surface area contributed by atoms with E-state index in [4.69, 9.17) is 15.6 Å². The highest BCUT2D eigenvalue weighted by molar-refractivity contribution is 7.89. The molecule has 10 nitrogen and oxygen atoms in total. The van der Waals surface area contributed by atoms with E-state index in [9.17, 15) is 13.2 Å². The lowest BCUT2D eigenvalue weighted by Gasteiger charge is -2.34. The number of nitrogens with two attached hydrogens (primary N) is 2. The summed E-state index contributed by atoms with van der Waals surface area (Å²) in [5.41, 5.74) is 6.23. The largest absolute Gasteiger partial charge is 0.454 e. The summed E-state index contributed by atoms with van der Waals surface area (Å²) in [6, 6.07) is 11.7. The number of unbranched alkanes of at least 4 members (excludes halogenated alkanes) is 1. The number of carbonyl (C=O) groups excluding carboxylic acids is 1. The Balaban J connectivity index is 1.76. The molecule has 0 radical (unpaired) electrons. The fourth-order valence-electron chi connectivity index (χ4n) is 4.04. The summed E-state index contributed by atoms with van der Waals surface area (Å²) < 4.78 is 31.0. The fourth-order valence-corrected chi connectivity index (χ4v) is 4.74. The lowest BCUT2D eigenvalue weighted by Crippen LogP contribution is -2.49. The first kappa shape index (κ1) is 27.9. The molecular formula is C25H38N6O4S. The van der Waals surface area contributed by atoms with Crippen LogP contribution in [0.2, 0.25) is 0 Å². The third kappa shape index (κ3) is 8.17. The van der Waals surface area contributed by atoms with Crippen molar-refractivity contribution in [2.24, 2.45) is 10.9 Å². The minimum absolute atomic E-state index is 0.0757. The highest BCUT2D eigenvalue weighted by Gasteiger charge is 2.24. The van der Waals surface area contributed by atoms with Crippen molar-refractivity contribution >= 4 is 21.6 Å². The van der Waals surface area contributed by atoms with Gasteiger partial charge in [-0.3, -0.25) is 14.6 Å². The van der Waals surface area contributed by atoms with E-state index in [-0.39, 0.29) is 22.1 Å². The zero-order chi connectivity index (χ0) is 26.0. The van der Waals surface area contributed by atoms with Crippen molar-refractivity contribution in [3.63, 3.8) is 0 Å². The van der Waals surface area contributed by atoms with E-state index in [0.717, 1.165) is 45.6 Å². The van der Waals surface area contributed by atoms with Crippen LogP contribution in [0.25, 0.3) is 0 Å². The van der Waals surface area contributed by atoms with Crippen LogP contribution in [0.5, 0.6) is 11.5 Å². The maximum absolute atomic E-state index is 13.0. The zero-order valence-electron chi connectivity index (χ0n) is 20.9. The molecule has 1 heterocycles. The molecule has 6 N–H and O–H groups in total. The van der Waals surface area contributed by atoms with Crippen LogP contribution in [-0.4, -0.2) is 83.0 Å². The van der Waals surface area contributed by atoms with Crippen molar-refractivity contribution in [2.45, 2.75) is 24.7 Å². The zero-order valence-corrected chi connectivity index (χ0v) is 21.7. The summed E-state index contributed by atoms with van der Waals surface area (Å²) in [6.45, 7) is 9.11. The normalized spacial score (nSPS) is 15.0. The molecule has 0 unspecified atom stereocenters. The fraction of sp³-hybridized carbons (Fsp3) is 0.480. The first-order valence-electron chi connectivity index (χ1n) is 12.4. The van der Waals surface area contributed by atoms with Crippen molar-refractivity contribution in [2.75, 3.05) is 64.2 Å². The number of sulfonamides is 1. The lowest BCUT2D eigenvalue weighted by molar-refractivity contribution is 0.0937. The van der Waals surface area contributed by atoms with Gasteiger partial charge in [0.1, 0.15) is 10.6 Å². The Morgan fingerprint density at radius 3 is 2.31 bits per heavy atom. The highest BCUT2D eigenvalue weighted by atomic mass is 32.2. The number of ether oxygens (including phenoxy) is 1. The SMILES string of the molecule is CCCCNc1cc(C(=O)NCCN2CCN(CCN)CC2)cc(S(N)(=O)=O)c1Oc1ccccc1. The molecule has 0 aliphatic carbocycles. The van der Waals surface area contributed by atoms with E-state index in [0.29, 0.717) is 37.6 Å². The number of primary sulfonamides is 1. The predicted octanol–water partition coefficient (Wildman–Crippen LogP) is 1.64. The Kier molecular flexibility index (Phi) is 10.5. The molecule has 2 aromatic rings. The summed E-state index contributed by atoms with van der Waals surface area (Å²) in [4.78, 5) is 17.4. The van der Waals surface area contributed by atoms with Gasteiger partial charge in [-0.05, 0) is 30.7 Å². The van der Waals surface area contributed by atoms with Gasteiger partial charge < -0.3 is 21.1 Å². The third-order valence-electron chi connectivity index (χ3n) is 6.06. The van der Waals surface area contributed by atoms with E-state index < -0.39 is 10.0 Å². The van der Waals surface area contributed by atoms with E-state index in [2.05, 4.69) is 27.4 Å². The molecule has 0 bridgehead atoms. The molecule has 1 saturated heterocycles. The summed E-state index contributed by atoms with van der Waals surface area (Å²) in [5, 5.41) is 11.7. The summed E-state index contributed by atoms with van der Waals surface area (Å²) in [5.74, 6) is 0.169. The number of hydrogen-bond acceptors (Lipinski definition) is 8. The van der Waals surface area contributed by atoms with Crippen LogP contribution in [0.4, 0.5) is 5.69 Å². The Morgan fingerprint density at radius 2 is 1.69 bits per heavy atom. The number of nitrogens with zero attached hydrogens (tertiary/aromatic N) is 2. The van der Waals surface area contributed by atoms with Gasteiger partial charge in [0.15, 0.2) is 5.75 Å². The van der Waals surface area contributed by atoms with Crippen LogP contribution in [0.3, 0.4) is 0 Å². The van der Waals surface area contributed by atoms with Gasteiger partial charge in [-0.1, -0.05) is 31.5 Å². The average Bonchev–Trinajstić information content (AvgIpc) is 2.86. The van der Waals surface area contributed by atoms with Crippen LogP contribution >= 0.6 is 0 Å². The molecule has 0 spiro atoms. The number of benzene rings is 2. The number of nitrogens with one attached hydrogen (secondary N) is 2. The second kappa shape index (κ2) is 13.6. The maximum atomic E-state index is 13.0. The molecule has 1 aliphatic heterocycles. The Morgan fingerprint density at radius 1 is 1.03 bits per heavy atom. The second-order valence-electron chi connectivity index (χ2n) is 8.82. The second-order valence-corrected chi connectivity index (χ2v) is 10.3. The number of rotatable bonds is 13. The minimum atomic E-state index is -4.18. The van der Waals surface area contributed by atoms with Gasteiger partial charge >= 0.3 is 0 Å². The van der Waals surface area contributed by atoms with E-state index in [1.165, 1.54) is 6.07 Å². The van der Waals surface area contributed by atoms with Gasteiger partial charge in [-0.15, -0.1) is 0 Å². The summed E-state index contributed by atoms with van der Waals surface area (Å²) in [6.07, 6.45) is 1.81. The third-order valence-corrected chi connectivity index (χ3v) is 6.97. The molecule has 1 fully saturated rings. The van der Waals surface area contributed by atoms with Gasteiger partial charge in [-0.2, -0.15) is 0 Å². The molecule has 0 atom stereocenters. The number of para-hydroxylation sites is 1. The van der Waals surface area contributed by atoms with E-state index in [1.807, 2.05) is 6.07 Å². The van der Waals surface area contributed by atoms with Crippen LogP contribution in [0, 0.1) is 0 Å². The standard InChI is InChI=1S/C25H38N6O4S/c1-2-3-10-28-22-18-20(25(32)29-11-13-31-16-14-30(12-9-26)15-17-31)19-23(36(27,33)34)24(22)35-21-7-5-4-6-8-21/h4-8,18-19,28H,2-3,9-17,26H2,1H3,(H,29,32)(H2,27,33,34). The van der Waals surface area contributed by atoms with Gasteiger partial charge in [0, 0.05) is 64.5 Å². The smallest absolute Gasteiger partial charge is 0.251 e. The predicted molar refractivity (Wildman–Crippen MR) is 142 cm³/mol. The topological polar surface area (TPSA) is 143 Å². The summed E-state index contributed by atoms with van der Waals surface area (Å²) in [7, 11) is -4.18. The van der Waals surface area contributed by atoms with Crippen LogP contribution in [-0.2, 0) is 10.0 Å². The molecule has 11 heteroatoms. The molecule has 0 saturated carbocycles. The first-order valence-corrected chi connectivity index (χ1v) is 14.0.